The van der Waals surface area contributed by atoms with Crippen molar-refractivity contribution in [1.82, 2.24) is 9.88 Å². The van der Waals surface area contributed by atoms with E-state index in [2.05, 4.69) is 53.2 Å². The third-order valence-corrected chi connectivity index (χ3v) is 11.2. The zero-order valence-corrected chi connectivity index (χ0v) is 21.2. The summed E-state index contributed by atoms with van der Waals surface area (Å²) < 4.78 is 7.42. The number of ether oxygens (including phenoxy) is 1. The molecule has 2 saturated heterocycles. The van der Waals surface area contributed by atoms with Crippen molar-refractivity contribution in [3.05, 3.63) is 65.5 Å². The van der Waals surface area contributed by atoms with E-state index in [0.29, 0.717) is 11.8 Å². The van der Waals surface area contributed by atoms with Gasteiger partial charge in [0.25, 0.3) is 0 Å². The van der Waals surface area contributed by atoms with Crippen LogP contribution >= 0.6 is 0 Å². The molecule has 2 aromatic rings. The predicted molar refractivity (Wildman–Crippen MR) is 140 cm³/mol. The number of nitrogens with zero attached hydrogens (tertiary/aromatic N) is 2. The van der Waals surface area contributed by atoms with E-state index >= 15 is 0 Å². The molecule has 188 valence electrons. The second kappa shape index (κ2) is 7.28. The van der Waals surface area contributed by atoms with Crippen LogP contribution in [0.4, 0.5) is 0 Å². The Morgan fingerprint density at radius 1 is 1.14 bits per heavy atom. The Balaban J connectivity index is 1.15. The average molecular weight is 484 g/mol. The second-order valence-corrected chi connectivity index (χ2v) is 12.9. The minimum absolute atomic E-state index is 0.165. The molecule has 5 heteroatoms. The Morgan fingerprint density at radius 3 is 2.89 bits per heavy atom. The van der Waals surface area contributed by atoms with Crippen molar-refractivity contribution in [3.63, 3.8) is 0 Å². The largest absolute Gasteiger partial charge is 0.391 e. The quantitative estimate of drug-likeness (QED) is 0.660. The van der Waals surface area contributed by atoms with Crippen LogP contribution in [0.15, 0.2) is 60.0 Å². The van der Waals surface area contributed by atoms with Crippen LogP contribution in [0, 0.1) is 11.3 Å². The number of hydrogen-bond donors (Lipinski definition) is 2. The molecule has 1 aromatic heterocycles. The Labute approximate surface area is 213 Å². The molecule has 3 aliphatic heterocycles. The van der Waals surface area contributed by atoms with E-state index in [4.69, 9.17) is 10.5 Å². The van der Waals surface area contributed by atoms with E-state index in [-0.39, 0.29) is 34.8 Å². The summed E-state index contributed by atoms with van der Waals surface area (Å²) in [5, 5.41) is 13.6. The molecule has 1 aromatic carbocycles. The molecule has 36 heavy (non-hydrogen) atoms. The number of pyridine rings is 1. The van der Waals surface area contributed by atoms with E-state index in [1.165, 1.54) is 40.3 Å². The number of allylic oxidation sites excluding steroid dienone is 1. The van der Waals surface area contributed by atoms with Gasteiger partial charge in [-0.1, -0.05) is 31.2 Å². The number of fused-ring (bicyclic) bond motifs is 2. The van der Waals surface area contributed by atoms with Gasteiger partial charge in [0, 0.05) is 43.0 Å². The molecule has 2 spiro atoms. The summed E-state index contributed by atoms with van der Waals surface area (Å²) in [5.74, 6) is 1.06. The van der Waals surface area contributed by atoms with Gasteiger partial charge in [0.1, 0.15) is 0 Å². The van der Waals surface area contributed by atoms with Gasteiger partial charge >= 0.3 is 0 Å². The lowest BCUT2D eigenvalue weighted by Gasteiger charge is -2.56. The number of likely N-dealkylation sites (tertiary alicyclic amines) is 1. The minimum Gasteiger partial charge on any atom is -0.391 e. The Bertz CT molecular complexity index is 1310. The molecule has 0 amide bonds. The maximum atomic E-state index is 11.1. The van der Waals surface area contributed by atoms with Crippen molar-refractivity contribution in [2.75, 3.05) is 13.1 Å². The van der Waals surface area contributed by atoms with Gasteiger partial charge in [-0.2, -0.15) is 0 Å². The van der Waals surface area contributed by atoms with Crippen molar-refractivity contribution in [2.45, 2.75) is 87.2 Å². The first kappa shape index (κ1) is 22.0. The van der Waals surface area contributed by atoms with Crippen LogP contribution in [-0.4, -0.2) is 57.5 Å². The Hall–Kier alpha value is -2.05. The fraction of sp³-hybridized carbons (Fsp3) is 0.581. The summed E-state index contributed by atoms with van der Waals surface area (Å²) in [6.45, 7) is 4.33. The topological polar surface area (TPSA) is 71.6 Å². The monoisotopic (exact) mass is 483 g/mol. The number of rotatable bonds is 2. The molecule has 6 aliphatic rings. The molecular weight excluding hydrogens is 446 g/mol. The summed E-state index contributed by atoms with van der Waals surface area (Å²) in [6, 6.07) is 9.55. The van der Waals surface area contributed by atoms with Gasteiger partial charge in [0.05, 0.1) is 17.3 Å². The minimum atomic E-state index is -0.321. The molecule has 7 atom stereocenters. The van der Waals surface area contributed by atoms with Gasteiger partial charge in [0.2, 0.25) is 0 Å². The number of aliphatic hydroxyl groups excluding tert-OH is 1. The lowest BCUT2D eigenvalue weighted by molar-refractivity contribution is -0.155. The number of aliphatic hydroxyl groups is 1. The SMILES string of the molecule is C[C@]12CC=C3C=C4C[C@@H](O)[C@@H](N5CC(N)C5)C[C@]45CCC3(O5)[C@@H]1CC[C@@H]2c1ccc2ccncc2c1. The van der Waals surface area contributed by atoms with E-state index in [1.54, 1.807) is 0 Å². The third kappa shape index (κ3) is 2.78. The first-order chi connectivity index (χ1) is 17.4. The molecule has 4 heterocycles. The second-order valence-electron chi connectivity index (χ2n) is 12.9. The Morgan fingerprint density at radius 2 is 2.03 bits per heavy atom. The maximum Gasteiger partial charge on any atom is 0.0974 e. The van der Waals surface area contributed by atoms with Gasteiger partial charge in [-0.05, 0) is 96.4 Å². The molecule has 4 fully saturated rings. The van der Waals surface area contributed by atoms with Crippen molar-refractivity contribution < 1.29 is 9.84 Å². The zero-order chi connectivity index (χ0) is 24.3. The van der Waals surface area contributed by atoms with Gasteiger partial charge in [0.15, 0.2) is 0 Å². The van der Waals surface area contributed by atoms with Crippen molar-refractivity contribution >= 4 is 10.8 Å². The Kier molecular flexibility index (Phi) is 4.45. The van der Waals surface area contributed by atoms with E-state index < -0.39 is 0 Å². The lowest BCUT2D eigenvalue weighted by atomic mass is 9.58. The van der Waals surface area contributed by atoms with Crippen molar-refractivity contribution in [1.29, 1.82) is 0 Å². The van der Waals surface area contributed by atoms with Crippen molar-refractivity contribution in [2.24, 2.45) is 17.1 Å². The molecule has 5 nitrogen and oxygen atoms in total. The highest BCUT2D eigenvalue weighted by molar-refractivity contribution is 5.82. The van der Waals surface area contributed by atoms with Crippen LogP contribution in [-0.2, 0) is 4.74 Å². The number of aromatic nitrogens is 1. The van der Waals surface area contributed by atoms with Crippen LogP contribution < -0.4 is 5.73 Å². The lowest BCUT2D eigenvalue weighted by Crippen LogP contribution is -2.65. The highest BCUT2D eigenvalue weighted by Crippen LogP contribution is 2.69. The van der Waals surface area contributed by atoms with Gasteiger partial charge < -0.3 is 15.6 Å². The van der Waals surface area contributed by atoms with Crippen LogP contribution in [0.1, 0.15) is 63.4 Å². The van der Waals surface area contributed by atoms with Gasteiger partial charge in [-0.3, -0.25) is 9.88 Å². The van der Waals surface area contributed by atoms with Gasteiger partial charge in [-0.15, -0.1) is 0 Å². The predicted octanol–water partition coefficient (Wildman–Crippen LogP) is 4.46. The average Bonchev–Trinajstić information content (AvgIpc) is 3.38. The molecule has 8 rings (SSSR count). The molecule has 0 radical (unpaired) electrons. The smallest absolute Gasteiger partial charge is 0.0974 e. The molecule has 2 saturated carbocycles. The zero-order valence-electron chi connectivity index (χ0n) is 21.2. The standard InChI is InChI=1S/C31H37N3O2/c1-29-8-6-22-13-23-14-27(35)26(34-17-24(32)18-34)15-30(23)9-10-31(22,36-30)28(29)5-4-25(29)20-3-2-19-7-11-33-16-21(19)12-20/h2-3,6-7,11-13,16,24-28,35H,4-5,8-10,14-15,17-18,32H2,1H3/t25-,26+,27-,28-,29-,30-,31?/m1/s1. The van der Waals surface area contributed by atoms with E-state index in [9.17, 15) is 5.11 Å². The molecule has 3 aliphatic carbocycles. The fourth-order valence-corrected chi connectivity index (χ4v) is 9.42. The van der Waals surface area contributed by atoms with Gasteiger partial charge in [-0.25, -0.2) is 0 Å². The summed E-state index contributed by atoms with van der Waals surface area (Å²) >= 11 is 0. The van der Waals surface area contributed by atoms with E-state index in [1.807, 2.05) is 12.4 Å². The first-order valence-electron chi connectivity index (χ1n) is 14.0. The maximum absolute atomic E-state index is 11.1. The van der Waals surface area contributed by atoms with Crippen molar-refractivity contribution in [3.8, 4) is 0 Å². The molecule has 3 N–H and O–H groups in total. The summed E-state index contributed by atoms with van der Waals surface area (Å²) in [5.41, 5.74) is 10.1. The molecule has 2 bridgehead atoms. The summed E-state index contributed by atoms with van der Waals surface area (Å²) in [6.07, 6.45) is 15.9. The van der Waals surface area contributed by atoms with Crippen LogP contribution in [0.3, 0.4) is 0 Å². The van der Waals surface area contributed by atoms with Crippen LogP contribution in [0.5, 0.6) is 0 Å². The molecule has 1 unspecified atom stereocenters. The highest BCUT2D eigenvalue weighted by atomic mass is 16.5. The number of hydrogen-bond acceptors (Lipinski definition) is 5. The van der Waals surface area contributed by atoms with Crippen LogP contribution in [0.25, 0.3) is 10.8 Å². The third-order valence-electron chi connectivity index (χ3n) is 11.2. The highest BCUT2D eigenvalue weighted by Gasteiger charge is 2.67. The summed E-state index contributed by atoms with van der Waals surface area (Å²) in [4.78, 5) is 6.77. The first-order valence-corrected chi connectivity index (χ1v) is 14.0. The van der Waals surface area contributed by atoms with Crippen LogP contribution in [0.2, 0.25) is 0 Å². The number of nitrogens with two attached hydrogens (primary N) is 1. The van der Waals surface area contributed by atoms with E-state index in [0.717, 1.165) is 45.2 Å². The summed E-state index contributed by atoms with van der Waals surface area (Å²) in [7, 11) is 0. The molecular formula is C31H37N3O2. The normalized spacial score (nSPS) is 43.9. The number of benzene rings is 1. The fourth-order valence-electron chi connectivity index (χ4n) is 9.42.